The summed E-state index contributed by atoms with van der Waals surface area (Å²) in [5.74, 6) is 0.592. The lowest BCUT2D eigenvalue weighted by molar-refractivity contribution is 0.146. The van der Waals surface area contributed by atoms with Crippen LogP contribution >= 0.6 is 0 Å². The van der Waals surface area contributed by atoms with Gasteiger partial charge in [-0.25, -0.2) is 4.39 Å². The number of hydrogen-bond acceptors (Lipinski definition) is 6. The predicted octanol–water partition coefficient (Wildman–Crippen LogP) is 3.65. The Kier molecular flexibility index (Phi) is 5.15. The summed E-state index contributed by atoms with van der Waals surface area (Å²) in [5, 5.41) is 10.0. The number of anilines is 1. The molecule has 0 aliphatic heterocycles. The maximum atomic E-state index is 13.6. The van der Waals surface area contributed by atoms with Crippen molar-refractivity contribution >= 4 is 16.6 Å². The fourth-order valence-electron chi connectivity index (χ4n) is 2.38. The molecule has 132 valence electrons. The number of pyridine rings is 1. The highest BCUT2D eigenvalue weighted by Crippen LogP contribution is 2.33. The van der Waals surface area contributed by atoms with Crippen LogP contribution in [0.25, 0.3) is 10.9 Å². The zero-order chi connectivity index (χ0) is 18.5. The van der Waals surface area contributed by atoms with Crippen LogP contribution in [0, 0.1) is 17.1 Å². The third kappa shape index (κ3) is 3.66. The van der Waals surface area contributed by atoms with Crippen molar-refractivity contribution in [2.45, 2.75) is 0 Å². The van der Waals surface area contributed by atoms with Gasteiger partial charge in [0.05, 0.1) is 23.4 Å². The van der Waals surface area contributed by atoms with Crippen molar-refractivity contribution < 1.29 is 18.6 Å². The number of ether oxygens (including phenoxy) is 3. The van der Waals surface area contributed by atoms with Crippen LogP contribution in [-0.2, 0) is 4.74 Å². The van der Waals surface area contributed by atoms with Gasteiger partial charge in [0.25, 0.3) is 0 Å². The third-order valence-corrected chi connectivity index (χ3v) is 3.67. The Morgan fingerprint density at radius 1 is 1.15 bits per heavy atom. The molecule has 0 aliphatic rings. The van der Waals surface area contributed by atoms with Gasteiger partial charge >= 0.3 is 0 Å². The SMILES string of the molecule is COCCOc1cc2nccc(Oc3ccc(N)c(F)c3)c2cc1C#N. The van der Waals surface area contributed by atoms with Crippen molar-refractivity contribution in [1.29, 1.82) is 5.26 Å². The standard InChI is InChI=1S/C19H16FN3O3/c1-24-6-7-25-19-10-17-14(8-12(19)11-21)18(4-5-23-17)26-13-2-3-16(22)15(20)9-13/h2-5,8-10H,6-7,22H2,1H3. The van der Waals surface area contributed by atoms with Crippen LogP contribution in [0.1, 0.15) is 5.56 Å². The van der Waals surface area contributed by atoms with E-state index in [1.807, 2.05) is 0 Å². The molecule has 6 nitrogen and oxygen atoms in total. The average Bonchev–Trinajstić information content (AvgIpc) is 2.64. The summed E-state index contributed by atoms with van der Waals surface area (Å²) in [6.45, 7) is 0.722. The lowest BCUT2D eigenvalue weighted by Crippen LogP contribution is -2.05. The lowest BCUT2D eigenvalue weighted by Gasteiger charge is -2.12. The summed E-state index contributed by atoms with van der Waals surface area (Å²) in [6.07, 6.45) is 1.57. The lowest BCUT2D eigenvalue weighted by atomic mass is 10.1. The van der Waals surface area contributed by atoms with Crippen LogP contribution in [0.3, 0.4) is 0 Å². The second-order valence-electron chi connectivity index (χ2n) is 5.41. The Morgan fingerprint density at radius 3 is 2.73 bits per heavy atom. The number of halogens is 1. The Balaban J connectivity index is 1.98. The molecule has 3 rings (SSSR count). The van der Waals surface area contributed by atoms with Gasteiger partial charge in [-0.15, -0.1) is 0 Å². The maximum Gasteiger partial charge on any atom is 0.149 e. The summed E-state index contributed by atoms with van der Waals surface area (Å²) in [6, 6.07) is 11.2. The molecule has 0 unspecified atom stereocenters. The molecule has 0 fully saturated rings. The molecule has 1 heterocycles. The van der Waals surface area contributed by atoms with Gasteiger partial charge in [-0.05, 0) is 24.3 Å². The van der Waals surface area contributed by atoms with Crippen molar-refractivity contribution in [3.8, 4) is 23.3 Å². The summed E-state index contributed by atoms with van der Waals surface area (Å²) >= 11 is 0. The fraction of sp³-hybridized carbons (Fsp3) is 0.158. The Hall–Kier alpha value is -3.37. The largest absolute Gasteiger partial charge is 0.490 e. The number of benzene rings is 2. The van der Waals surface area contributed by atoms with Gasteiger partial charge in [-0.2, -0.15) is 5.26 Å². The summed E-state index contributed by atoms with van der Waals surface area (Å²) in [4.78, 5) is 4.28. The normalized spacial score (nSPS) is 10.5. The van der Waals surface area contributed by atoms with E-state index in [4.69, 9.17) is 19.9 Å². The Bertz CT molecular complexity index is 986. The van der Waals surface area contributed by atoms with Crippen molar-refractivity contribution in [2.75, 3.05) is 26.1 Å². The van der Waals surface area contributed by atoms with Gasteiger partial charge < -0.3 is 19.9 Å². The molecule has 0 amide bonds. The van der Waals surface area contributed by atoms with Crippen molar-refractivity contribution in [1.82, 2.24) is 4.98 Å². The highest BCUT2D eigenvalue weighted by Gasteiger charge is 2.12. The number of nitrogen functional groups attached to an aromatic ring is 1. The minimum absolute atomic E-state index is 0.0431. The number of nitrogens with two attached hydrogens (primary N) is 1. The van der Waals surface area contributed by atoms with Gasteiger partial charge in [0.1, 0.15) is 35.7 Å². The molecule has 2 N–H and O–H groups in total. The summed E-state index contributed by atoms with van der Waals surface area (Å²) < 4.78 is 29.9. The quantitative estimate of drug-likeness (QED) is 0.537. The maximum absolute atomic E-state index is 13.6. The van der Waals surface area contributed by atoms with E-state index in [9.17, 15) is 9.65 Å². The summed E-state index contributed by atoms with van der Waals surface area (Å²) in [7, 11) is 1.57. The third-order valence-electron chi connectivity index (χ3n) is 3.67. The molecule has 0 radical (unpaired) electrons. The van der Waals surface area contributed by atoms with E-state index >= 15 is 0 Å². The van der Waals surface area contributed by atoms with E-state index in [0.29, 0.717) is 46.9 Å². The van der Waals surface area contributed by atoms with Crippen molar-refractivity contribution in [3.63, 3.8) is 0 Å². The molecule has 0 atom stereocenters. The molecule has 0 saturated carbocycles. The molecule has 0 saturated heterocycles. The number of nitrogens with zero attached hydrogens (tertiary/aromatic N) is 2. The van der Waals surface area contributed by atoms with Crippen LogP contribution in [0.5, 0.6) is 17.2 Å². The Labute approximate surface area is 149 Å². The first kappa shape index (κ1) is 17.5. The highest BCUT2D eigenvalue weighted by atomic mass is 19.1. The van der Waals surface area contributed by atoms with Crippen LogP contribution in [0.4, 0.5) is 10.1 Å². The number of methoxy groups -OCH3 is 1. The van der Waals surface area contributed by atoms with E-state index in [0.717, 1.165) is 0 Å². The number of fused-ring (bicyclic) bond motifs is 1. The molecule has 2 aromatic carbocycles. The molecule has 3 aromatic rings. The second kappa shape index (κ2) is 7.68. The Morgan fingerprint density at radius 2 is 2.00 bits per heavy atom. The number of nitriles is 1. The minimum atomic E-state index is -0.563. The minimum Gasteiger partial charge on any atom is -0.490 e. The first-order valence-corrected chi connectivity index (χ1v) is 7.80. The van der Waals surface area contributed by atoms with Gasteiger partial charge in [0, 0.05) is 30.8 Å². The number of hydrogen-bond donors (Lipinski definition) is 1. The van der Waals surface area contributed by atoms with E-state index < -0.39 is 5.82 Å². The zero-order valence-electron chi connectivity index (χ0n) is 14.0. The first-order valence-electron chi connectivity index (χ1n) is 7.80. The molecular formula is C19H16FN3O3. The highest BCUT2D eigenvalue weighted by molar-refractivity contribution is 5.88. The van der Waals surface area contributed by atoms with Crippen LogP contribution in [0.2, 0.25) is 0 Å². The van der Waals surface area contributed by atoms with Crippen LogP contribution in [0.15, 0.2) is 42.6 Å². The topological polar surface area (TPSA) is 90.4 Å². The van der Waals surface area contributed by atoms with E-state index in [2.05, 4.69) is 11.1 Å². The van der Waals surface area contributed by atoms with Gasteiger partial charge in [-0.1, -0.05) is 0 Å². The molecular weight excluding hydrogens is 337 g/mol. The first-order chi connectivity index (χ1) is 12.6. The summed E-state index contributed by atoms with van der Waals surface area (Å²) in [5.41, 5.74) is 6.45. The van der Waals surface area contributed by atoms with E-state index in [1.165, 1.54) is 12.1 Å². The smallest absolute Gasteiger partial charge is 0.149 e. The van der Waals surface area contributed by atoms with Crippen molar-refractivity contribution in [2.24, 2.45) is 0 Å². The van der Waals surface area contributed by atoms with E-state index in [-0.39, 0.29) is 5.69 Å². The number of aromatic nitrogens is 1. The zero-order valence-corrected chi connectivity index (χ0v) is 14.0. The van der Waals surface area contributed by atoms with Crippen LogP contribution in [-0.4, -0.2) is 25.3 Å². The molecule has 0 bridgehead atoms. The monoisotopic (exact) mass is 353 g/mol. The number of rotatable bonds is 6. The second-order valence-corrected chi connectivity index (χ2v) is 5.41. The van der Waals surface area contributed by atoms with Gasteiger partial charge in [-0.3, -0.25) is 4.98 Å². The fourth-order valence-corrected chi connectivity index (χ4v) is 2.38. The molecule has 0 aliphatic carbocycles. The van der Waals surface area contributed by atoms with Gasteiger partial charge in [0.2, 0.25) is 0 Å². The molecule has 7 heteroatoms. The molecule has 26 heavy (non-hydrogen) atoms. The molecule has 1 aromatic heterocycles. The van der Waals surface area contributed by atoms with Crippen LogP contribution < -0.4 is 15.2 Å². The average molecular weight is 353 g/mol. The van der Waals surface area contributed by atoms with Crippen molar-refractivity contribution in [3.05, 3.63) is 54.0 Å². The predicted molar refractivity (Wildman–Crippen MR) is 94.7 cm³/mol. The van der Waals surface area contributed by atoms with E-state index in [1.54, 1.807) is 37.6 Å². The van der Waals surface area contributed by atoms with Gasteiger partial charge in [0.15, 0.2) is 0 Å². The molecule has 0 spiro atoms.